The highest BCUT2D eigenvalue weighted by atomic mass is 79.9. The molecule has 0 radical (unpaired) electrons. The first-order valence-corrected chi connectivity index (χ1v) is 10.9. The molecule has 170 valence electrons. The van der Waals surface area contributed by atoms with Crippen molar-refractivity contribution in [2.45, 2.75) is 13.2 Å². The van der Waals surface area contributed by atoms with E-state index >= 15 is 0 Å². The van der Waals surface area contributed by atoms with Crippen molar-refractivity contribution in [3.63, 3.8) is 0 Å². The number of nitrogens with one attached hydrogen (secondary N) is 2. The summed E-state index contributed by atoms with van der Waals surface area (Å²) >= 11 is 5.92. The van der Waals surface area contributed by atoms with Gasteiger partial charge >= 0.3 is 6.01 Å². The standard InChI is InChI=1S/C19H20Br2N6O4S/c1-2-7-26-32(28,29)27-17-16(13-3-5-14(20)6-4-13)18(25-12-24-17)30-8-9-31-19-22-10-15(21)11-23-19/h3-6,10-12,26H,2,7-9H2,1H3,(H,24,25,27)/i1D3,2D2,3D,4D,5D,6D,7D2,8D2,9D2,12D. The van der Waals surface area contributed by atoms with Crippen LogP contribution >= 0.6 is 31.9 Å². The lowest BCUT2D eigenvalue weighted by Crippen LogP contribution is -2.31. The normalized spacial score (nSPS) is 20.7. The molecule has 3 aromatic rings. The summed E-state index contributed by atoms with van der Waals surface area (Å²) in [7, 11) is -5.50. The van der Waals surface area contributed by atoms with Crippen LogP contribution in [0, 0.1) is 0 Å². The van der Waals surface area contributed by atoms with Gasteiger partial charge in [-0.2, -0.15) is 13.1 Å². The van der Waals surface area contributed by atoms with Gasteiger partial charge in [0.1, 0.15) is 20.8 Å². The molecule has 32 heavy (non-hydrogen) atoms. The number of ether oxygens (including phenoxy) is 2. The summed E-state index contributed by atoms with van der Waals surface area (Å²) in [6.45, 7) is -14.7. The van der Waals surface area contributed by atoms with Gasteiger partial charge in [0.05, 0.1) is 21.0 Å². The summed E-state index contributed by atoms with van der Waals surface area (Å²) in [5, 5.41) is 0. The van der Waals surface area contributed by atoms with Crippen LogP contribution in [0.2, 0.25) is 0 Å². The average Bonchev–Trinajstić information content (AvgIpc) is 2.91. The first-order chi connectivity index (χ1) is 21.5. The number of benzene rings is 1. The van der Waals surface area contributed by atoms with Crippen LogP contribution < -0.4 is 18.9 Å². The van der Waals surface area contributed by atoms with Crippen LogP contribution in [-0.4, -0.2) is 48.0 Å². The lowest BCUT2D eigenvalue weighted by atomic mass is 10.1. The number of anilines is 1. The molecule has 0 aliphatic rings. The van der Waals surface area contributed by atoms with Crippen LogP contribution in [-0.2, 0) is 10.2 Å². The van der Waals surface area contributed by atoms with E-state index in [1.165, 1.54) is 0 Å². The molecule has 2 aromatic heterocycles. The molecule has 0 saturated carbocycles. The van der Waals surface area contributed by atoms with Crippen molar-refractivity contribution >= 4 is 47.9 Å². The van der Waals surface area contributed by atoms with E-state index in [2.05, 4.69) is 51.8 Å². The molecule has 2 heterocycles. The maximum atomic E-state index is 13.1. The highest BCUT2D eigenvalue weighted by Crippen LogP contribution is 2.34. The van der Waals surface area contributed by atoms with E-state index < -0.39 is 102 Å². The molecule has 1 aromatic carbocycles. The highest BCUT2D eigenvalue weighted by molar-refractivity contribution is 9.10. The summed E-state index contributed by atoms with van der Waals surface area (Å²) in [6.07, 6.45) is -2.75. The molecule has 0 unspecified atom stereocenters. The second kappa shape index (κ2) is 11.5. The molecular weight excluding hydrogens is 568 g/mol. The fraction of sp³-hybridized carbons (Fsp3) is 0.263. The lowest BCUT2D eigenvalue weighted by Gasteiger charge is -2.15. The smallest absolute Gasteiger partial charge is 0.316 e. The van der Waals surface area contributed by atoms with Crippen LogP contribution in [0.25, 0.3) is 11.1 Å². The molecule has 0 fully saturated rings. The van der Waals surface area contributed by atoms with Crippen molar-refractivity contribution in [2.75, 3.05) is 24.3 Å². The summed E-state index contributed by atoms with van der Waals surface area (Å²) in [6, 6.07) is -4.11. The van der Waals surface area contributed by atoms with E-state index in [-0.39, 0.29) is 4.47 Å². The van der Waals surface area contributed by atoms with E-state index in [0.717, 1.165) is 17.1 Å². The Morgan fingerprint density at radius 3 is 2.50 bits per heavy atom. The number of hydrogen-bond acceptors (Lipinski definition) is 8. The van der Waals surface area contributed by atoms with Gasteiger partial charge in [0.2, 0.25) is 5.88 Å². The molecule has 3 rings (SSSR count). The molecule has 0 amide bonds. The van der Waals surface area contributed by atoms with Gasteiger partial charge in [-0.15, -0.1) is 0 Å². The SMILES string of the molecule is [2H]c1nc(NS(=O)(=O)NC([2H])([2H])C([2H])([2H])C([2H])([2H])[2H])c(-c2c([2H])c([2H])c(Br)c([2H])c2[2H])c(OC([2H])([2H])C([2H])([2H])Oc2ncc(Br)cn2)n1. The number of halogens is 2. The van der Waals surface area contributed by atoms with Gasteiger partial charge in [0, 0.05) is 33.0 Å². The predicted molar refractivity (Wildman–Crippen MR) is 127 cm³/mol. The molecule has 0 aliphatic carbocycles. The molecule has 10 nitrogen and oxygen atoms in total. The molecule has 0 atom stereocenters. The number of rotatable bonds is 11. The van der Waals surface area contributed by atoms with E-state index in [4.69, 9.17) is 31.4 Å². The molecule has 0 aliphatic heterocycles. The van der Waals surface area contributed by atoms with Crippen molar-refractivity contribution in [3.8, 4) is 23.0 Å². The second-order valence-electron chi connectivity index (χ2n) is 5.09. The average molecular weight is 604 g/mol. The quantitative estimate of drug-likeness (QED) is 0.340. The third-order valence-corrected chi connectivity index (χ3v) is 4.65. The van der Waals surface area contributed by atoms with Crippen LogP contribution in [0.15, 0.2) is 51.8 Å². The van der Waals surface area contributed by atoms with Crippen LogP contribution in [0.4, 0.5) is 5.82 Å². The maximum Gasteiger partial charge on any atom is 0.316 e. The topological polar surface area (TPSA) is 128 Å². The van der Waals surface area contributed by atoms with E-state index in [1.807, 2.05) is 0 Å². The Morgan fingerprint density at radius 1 is 1.06 bits per heavy atom. The molecule has 2 N–H and O–H groups in total. The first-order valence-electron chi connectivity index (χ1n) is 15.9. The van der Waals surface area contributed by atoms with Gasteiger partial charge in [0.15, 0.2) is 5.82 Å². The fourth-order valence-corrected chi connectivity index (χ4v) is 2.90. The Kier molecular flexibility index (Phi) is 3.85. The van der Waals surface area contributed by atoms with Gasteiger partial charge in [-0.25, -0.2) is 19.9 Å². The first kappa shape index (κ1) is 10.7. The number of nitrogens with zero attached hydrogens (tertiary/aromatic N) is 4. The Hall–Kier alpha value is -2.35. The summed E-state index contributed by atoms with van der Waals surface area (Å²) in [4.78, 5) is 14.4. The van der Waals surface area contributed by atoms with Gasteiger partial charge in [-0.1, -0.05) is 34.9 Å². The minimum absolute atomic E-state index is 0.352. The minimum atomic E-state index is -5.50. The van der Waals surface area contributed by atoms with Crippen LogP contribution in [0.5, 0.6) is 11.9 Å². The monoisotopic (exact) mass is 602 g/mol. The highest BCUT2D eigenvalue weighted by Gasteiger charge is 2.19. The predicted octanol–water partition coefficient (Wildman–Crippen LogP) is 3.57. The van der Waals surface area contributed by atoms with Crippen LogP contribution in [0.1, 0.15) is 35.2 Å². The third-order valence-electron chi connectivity index (χ3n) is 3.02. The maximum absolute atomic E-state index is 13.1. The third kappa shape index (κ3) is 7.08. The van der Waals surface area contributed by atoms with Gasteiger partial charge in [-0.3, -0.25) is 4.72 Å². The van der Waals surface area contributed by atoms with Crippen molar-refractivity contribution in [1.82, 2.24) is 24.7 Å². The van der Waals surface area contributed by atoms with Crippen molar-refractivity contribution in [1.29, 1.82) is 0 Å². The van der Waals surface area contributed by atoms with E-state index in [0.29, 0.717) is 4.47 Å². The Bertz CT molecular complexity index is 1800. The Labute approximate surface area is 225 Å². The van der Waals surface area contributed by atoms with Gasteiger partial charge in [-0.05, 0) is 40.0 Å². The van der Waals surface area contributed by atoms with Crippen molar-refractivity contribution in [3.05, 3.63) is 51.8 Å². The van der Waals surface area contributed by atoms with E-state index in [1.54, 1.807) is 4.72 Å². The zero-order valence-corrected chi connectivity index (χ0v) is 19.2. The fourth-order valence-electron chi connectivity index (χ4n) is 1.86. The number of aromatic nitrogens is 4. The molecule has 0 bridgehead atoms. The van der Waals surface area contributed by atoms with Crippen molar-refractivity contribution in [2.24, 2.45) is 0 Å². The van der Waals surface area contributed by atoms with Gasteiger partial charge < -0.3 is 9.47 Å². The zero-order valence-electron chi connectivity index (χ0n) is 31.2. The summed E-state index contributed by atoms with van der Waals surface area (Å²) < 4.78 is 166. The minimum Gasteiger partial charge on any atom is -0.473 e. The summed E-state index contributed by atoms with van der Waals surface area (Å²) in [5.41, 5.74) is -1.94. The molecule has 13 heteroatoms. The summed E-state index contributed by atoms with van der Waals surface area (Å²) in [5.74, 6) is -2.47. The molecule has 0 spiro atoms. The lowest BCUT2D eigenvalue weighted by molar-refractivity contribution is 0.202. The Balaban J connectivity index is 2.27. The number of hydrogen-bond donors (Lipinski definition) is 2. The van der Waals surface area contributed by atoms with Crippen molar-refractivity contribution < 1.29 is 39.8 Å². The molecular formula is C19H20Br2N6O4S. The van der Waals surface area contributed by atoms with E-state index in [9.17, 15) is 8.42 Å². The zero-order chi connectivity index (χ0) is 37.0. The Morgan fingerprint density at radius 2 is 1.78 bits per heavy atom. The van der Waals surface area contributed by atoms with Gasteiger partial charge in [0.25, 0.3) is 10.2 Å². The second-order valence-corrected chi connectivity index (χ2v) is 8.21. The van der Waals surface area contributed by atoms with Crippen LogP contribution in [0.3, 0.4) is 0 Å². The molecule has 0 saturated heterocycles. The largest absolute Gasteiger partial charge is 0.473 e.